The van der Waals surface area contributed by atoms with Gasteiger partial charge in [0.2, 0.25) is 5.60 Å². The number of carboxylic acids is 1. The number of oxime groups is 1. The number of β-lactam (4-membered cyclic amide) rings is 1. The highest BCUT2D eigenvalue weighted by Crippen LogP contribution is 2.42. The summed E-state index contributed by atoms with van der Waals surface area (Å²) in [5.41, 5.74) is 14.0. The standard InChI is InChI=1S/C33H27N5O5S2.C8H11N/c1-2-20-18-44-30-26(29(40)38(30)27(20)31(41)42)36-28(39)25(24-19-45-32(34)35-24)37-43-33(21-12-6-3-7-13-21,22-14-8-4-9-15-22)23-16-10-5-11-17-23;1-7(9)8-5-3-2-4-6-8/h2-17,19,26,30H,1,18H2,(H2,34,35)(H,36,39)(H,41,42);2-7H,9H2,1H3/t26?,30-;7-/m11/s1. The van der Waals surface area contributed by atoms with E-state index in [4.69, 9.17) is 16.3 Å². The molecular formula is C41H38N6O5S2. The predicted molar refractivity (Wildman–Crippen MR) is 212 cm³/mol. The molecule has 2 aliphatic rings. The zero-order valence-corrected chi connectivity index (χ0v) is 30.9. The molecule has 11 nitrogen and oxygen atoms in total. The molecule has 1 unspecified atom stereocenters. The summed E-state index contributed by atoms with van der Waals surface area (Å²) in [6.45, 7) is 5.65. The van der Waals surface area contributed by atoms with Gasteiger partial charge in [0.05, 0.1) is 0 Å². The maximum atomic E-state index is 13.9. The van der Waals surface area contributed by atoms with Crippen molar-refractivity contribution < 1.29 is 24.3 Å². The molecule has 5 aromatic rings. The fourth-order valence-corrected chi connectivity index (χ4v) is 8.05. The van der Waals surface area contributed by atoms with Crippen LogP contribution in [0.25, 0.3) is 0 Å². The van der Waals surface area contributed by atoms with Crippen molar-refractivity contribution in [3.63, 3.8) is 0 Å². The molecular weight excluding hydrogens is 721 g/mol. The molecule has 0 spiro atoms. The molecule has 3 atom stereocenters. The molecule has 0 radical (unpaired) electrons. The van der Waals surface area contributed by atoms with Gasteiger partial charge in [0, 0.05) is 33.9 Å². The summed E-state index contributed by atoms with van der Waals surface area (Å²) in [4.78, 5) is 51.1. The lowest BCUT2D eigenvalue weighted by molar-refractivity contribution is -0.150. The Kier molecular flexibility index (Phi) is 11.7. The van der Waals surface area contributed by atoms with Crippen LogP contribution in [0.15, 0.2) is 156 Å². The number of nitrogens with two attached hydrogens (primary N) is 2. The Bertz CT molecular complexity index is 2080. The van der Waals surface area contributed by atoms with E-state index in [1.807, 2.05) is 128 Å². The summed E-state index contributed by atoms with van der Waals surface area (Å²) >= 11 is 2.46. The Morgan fingerprint density at radius 2 is 1.48 bits per heavy atom. The van der Waals surface area contributed by atoms with Gasteiger partial charge in [-0.2, -0.15) is 0 Å². The van der Waals surface area contributed by atoms with E-state index < -0.39 is 34.8 Å². The first kappa shape index (κ1) is 37.7. The minimum atomic E-state index is -1.28. The predicted octanol–water partition coefficient (Wildman–Crippen LogP) is 6.07. The Hall–Kier alpha value is -6.02. The minimum absolute atomic E-state index is 0.132. The van der Waals surface area contributed by atoms with Crippen LogP contribution in [0.5, 0.6) is 0 Å². The van der Waals surface area contributed by atoms with Crippen molar-refractivity contribution >= 4 is 51.7 Å². The number of nitrogens with zero attached hydrogens (tertiary/aromatic N) is 3. The average molecular weight is 759 g/mol. The largest absolute Gasteiger partial charge is 0.477 e. The van der Waals surface area contributed by atoms with Gasteiger partial charge in [0.15, 0.2) is 10.8 Å². The molecule has 54 heavy (non-hydrogen) atoms. The lowest BCUT2D eigenvalue weighted by atomic mass is 9.80. The molecule has 0 bridgehead atoms. The van der Waals surface area contributed by atoms with Crippen LogP contribution in [0.4, 0.5) is 5.13 Å². The van der Waals surface area contributed by atoms with Crippen LogP contribution < -0.4 is 16.8 Å². The average Bonchev–Trinajstić information content (AvgIpc) is 3.64. The van der Waals surface area contributed by atoms with Gasteiger partial charge in [-0.15, -0.1) is 23.1 Å². The summed E-state index contributed by atoms with van der Waals surface area (Å²) in [5.74, 6) is -2.19. The molecule has 13 heteroatoms. The molecule has 2 amide bonds. The SMILES string of the molecule is C=CC1=C(C(=O)O)N2C(=O)C(NC(=O)C(=NOC(c3ccccc3)(c3ccccc3)c3ccccc3)c3csc(N)n3)[C@H]2SC1.C[C@@H](N)c1ccccc1. The minimum Gasteiger partial charge on any atom is -0.477 e. The molecule has 1 aromatic heterocycles. The molecule has 274 valence electrons. The Morgan fingerprint density at radius 1 is 0.963 bits per heavy atom. The molecule has 2 aliphatic heterocycles. The van der Waals surface area contributed by atoms with E-state index in [1.54, 1.807) is 5.38 Å². The third kappa shape index (κ3) is 7.69. The number of aliphatic carboxylic acids is 1. The number of nitrogen functional groups attached to an aromatic ring is 1. The van der Waals surface area contributed by atoms with Gasteiger partial charge in [-0.05, 0) is 18.1 Å². The normalized spacial score (nSPS) is 17.3. The highest BCUT2D eigenvalue weighted by molar-refractivity contribution is 8.00. The first-order chi connectivity index (χ1) is 26.1. The molecule has 3 heterocycles. The van der Waals surface area contributed by atoms with E-state index >= 15 is 0 Å². The lowest BCUT2D eigenvalue weighted by Gasteiger charge is -2.49. The molecule has 0 aliphatic carbocycles. The number of carboxylic acid groups (broad SMARTS) is 1. The fourth-order valence-electron chi connectivity index (χ4n) is 6.16. The number of nitrogens with one attached hydrogen (secondary N) is 1. The summed E-state index contributed by atoms with van der Waals surface area (Å²) in [5, 5.41) is 18.2. The van der Waals surface area contributed by atoms with E-state index in [-0.39, 0.29) is 28.3 Å². The van der Waals surface area contributed by atoms with Crippen molar-refractivity contribution in [2.24, 2.45) is 10.9 Å². The number of aromatic nitrogens is 1. The maximum Gasteiger partial charge on any atom is 0.352 e. The second-order valence-electron chi connectivity index (χ2n) is 12.3. The number of amides is 2. The van der Waals surface area contributed by atoms with Crippen molar-refractivity contribution in [3.05, 3.63) is 179 Å². The number of anilines is 1. The highest BCUT2D eigenvalue weighted by atomic mass is 32.2. The molecule has 0 saturated carbocycles. The van der Waals surface area contributed by atoms with Crippen molar-refractivity contribution in [2.45, 2.75) is 30.0 Å². The van der Waals surface area contributed by atoms with E-state index in [2.05, 4.69) is 22.0 Å². The van der Waals surface area contributed by atoms with Crippen molar-refractivity contribution in [2.75, 3.05) is 11.5 Å². The smallest absolute Gasteiger partial charge is 0.352 e. The zero-order chi connectivity index (χ0) is 38.2. The van der Waals surface area contributed by atoms with Gasteiger partial charge in [-0.25, -0.2) is 9.78 Å². The number of allylic oxidation sites excluding steroid dienone is 1. The van der Waals surface area contributed by atoms with Gasteiger partial charge in [-0.3, -0.25) is 14.5 Å². The number of carbonyl (C=O) groups excluding carboxylic acids is 2. The number of hydrogen-bond acceptors (Lipinski definition) is 10. The Morgan fingerprint density at radius 3 is 1.91 bits per heavy atom. The number of benzene rings is 4. The first-order valence-electron chi connectivity index (χ1n) is 16.9. The van der Waals surface area contributed by atoms with Gasteiger partial charge >= 0.3 is 5.97 Å². The number of rotatable bonds is 11. The summed E-state index contributed by atoms with van der Waals surface area (Å²) in [6, 6.07) is 37.8. The molecule has 1 saturated heterocycles. The van der Waals surface area contributed by atoms with Crippen LogP contribution in [0.1, 0.15) is 40.9 Å². The number of fused-ring (bicyclic) bond motifs is 1. The first-order valence-corrected chi connectivity index (χ1v) is 18.9. The molecule has 6 N–H and O–H groups in total. The summed E-state index contributed by atoms with van der Waals surface area (Å²) < 4.78 is 0. The Balaban J connectivity index is 0.000000485. The van der Waals surface area contributed by atoms with Crippen molar-refractivity contribution in [1.82, 2.24) is 15.2 Å². The second-order valence-corrected chi connectivity index (χ2v) is 14.3. The van der Waals surface area contributed by atoms with E-state index in [9.17, 15) is 19.5 Å². The maximum absolute atomic E-state index is 13.9. The number of carbonyl (C=O) groups is 3. The second kappa shape index (κ2) is 16.8. The Labute approximate surface area is 321 Å². The molecule has 4 aromatic carbocycles. The summed E-state index contributed by atoms with van der Waals surface area (Å²) in [7, 11) is 0. The fraction of sp³-hybridized carbons (Fsp3) is 0.146. The monoisotopic (exact) mass is 758 g/mol. The quantitative estimate of drug-likeness (QED) is 0.0540. The van der Waals surface area contributed by atoms with E-state index in [0.29, 0.717) is 11.3 Å². The van der Waals surface area contributed by atoms with Gasteiger partial charge < -0.3 is 26.7 Å². The van der Waals surface area contributed by atoms with Gasteiger partial charge in [0.1, 0.15) is 22.8 Å². The zero-order valence-electron chi connectivity index (χ0n) is 29.2. The number of thiazole rings is 1. The summed E-state index contributed by atoms with van der Waals surface area (Å²) in [6.07, 6.45) is 1.43. The van der Waals surface area contributed by atoms with Gasteiger partial charge in [-0.1, -0.05) is 139 Å². The molecule has 1 fully saturated rings. The van der Waals surface area contributed by atoms with Crippen LogP contribution in [0.2, 0.25) is 0 Å². The number of thioether (sulfide) groups is 1. The van der Waals surface area contributed by atoms with Crippen LogP contribution in [0.3, 0.4) is 0 Å². The van der Waals surface area contributed by atoms with Gasteiger partial charge in [0.25, 0.3) is 11.8 Å². The van der Waals surface area contributed by atoms with Crippen LogP contribution in [0, 0.1) is 0 Å². The number of hydrogen-bond donors (Lipinski definition) is 4. The third-order valence-corrected chi connectivity index (χ3v) is 10.8. The molecule has 7 rings (SSSR count). The third-order valence-electron chi connectivity index (χ3n) is 8.85. The van der Waals surface area contributed by atoms with E-state index in [0.717, 1.165) is 28.0 Å². The van der Waals surface area contributed by atoms with Crippen LogP contribution in [-0.2, 0) is 24.8 Å². The van der Waals surface area contributed by atoms with Crippen LogP contribution in [-0.4, -0.2) is 55.7 Å². The van der Waals surface area contributed by atoms with Crippen molar-refractivity contribution in [3.8, 4) is 0 Å². The van der Waals surface area contributed by atoms with Crippen LogP contribution >= 0.6 is 23.1 Å². The highest BCUT2D eigenvalue weighted by Gasteiger charge is 2.54. The lowest BCUT2D eigenvalue weighted by Crippen LogP contribution is -2.71. The van der Waals surface area contributed by atoms with E-state index in [1.165, 1.54) is 28.3 Å². The van der Waals surface area contributed by atoms with Crippen molar-refractivity contribution in [1.29, 1.82) is 0 Å². The topological polar surface area (TPSA) is 173 Å².